The van der Waals surface area contributed by atoms with E-state index in [2.05, 4.69) is 91.8 Å². The molecule has 5 heteroatoms. The third-order valence-corrected chi connectivity index (χ3v) is 10.7. The Hall–Kier alpha value is -3.80. The van der Waals surface area contributed by atoms with Crippen LogP contribution in [0.2, 0.25) is 0 Å². The van der Waals surface area contributed by atoms with Crippen LogP contribution in [0.1, 0.15) is 133 Å². The van der Waals surface area contributed by atoms with Crippen molar-refractivity contribution in [1.29, 1.82) is 0 Å². The lowest BCUT2D eigenvalue weighted by Crippen LogP contribution is -2.32. The van der Waals surface area contributed by atoms with Crippen molar-refractivity contribution in [2.75, 3.05) is 6.61 Å². The number of hydrogen-bond donors (Lipinski definition) is 2. The summed E-state index contributed by atoms with van der Waals surface area (Å²) in [5, 5.41) is 20.5. The van der Waals surface area contributed by atoms with Crippen LogP contribution < -0.4 is 0 Å². The predicted octanol–water partition coefficient (Wildman–Crippen LogP) is 12.2. The minimum absolute atomic E-state index is 0.0223. The van der Waals surface area contributed by atoms with Gasteiger partial charge in [0.2, 0.25) is 0 Å². The van der Waals surface area contributed by atoms with Crippen LogP contribution in [-0.4, -0.2) is 40.8 Å². The van der Waals surface area contributed by atoms with Crippen LogP contribution in [0.3, 0.4) is 0 Å². The molecule has 2 aliphatic rings. The van der Waals surface area contributed by atoms with Crippen molar-refractivity contribution in [2.24, 2.45) is 16.7 Å². The monoisotopic (exact) mass is 753 g/mol. The predicted molar refractivity (Wildman–Crippen MR) is 232 cm³/mol. The number of aliphatic hydroxyl groups is 2. The summed E-state index contributed by atoms with van der Waals surface area (Å²) in [6.45, 7) is 21.0. The van der Waals surface area contributed by atoms with E-state index in [1.807, 2.05) is 56.4 Å². The second kappa shape index (κ2) is 24.0. The average molecular weight is 753 g/mol. The zero-order chi connectivity index (χ0) is 41.0. The molecule has 0 aromatic rings. The number of ether oxygens (including phenoxy) is 1. The lowest BCUT2D eigenvalue weighted by atomic mass is 9.67. The van der Waals surface area contributed by atoms with Crippen LogP contribution >= 0.6 is 0 Å². The molecule has 0 spiro atoms. The molecule has 0 fully saturated rings. The van der Waals surface area contributed by atoms with Crippen molar-refractivity contribution in [3.8, 4) is 0 Å². The van der Waals surface area contributed by atoms with Gasteiger partial charge >= 0.3 is 5.97 Å². The van der Waals surface area contributed by atoms with Crippen LogP contribution in [0.5, 0.6) is 0 Å². The number of hydrogen-bond acceptors (Lipinski definition) is 5. The molecule has 0 heterocycles. The van der Waals surface area contributed by atoms with Crippen molar-refractivity contribution in [2.45, 2.75) is 146 Å². The smallest absolute Gasteiger partial charge is 0.330 e. The molecule has 3 unspecified atom stereocenters. The van der Waals surface area contributed by atoms with Gasteiger partial charge in [0.1, 0.15) is 6.61 Å². The minimum atomic E-state index is -0.441. The number of unbranched alkanes of at least 4 members (excludes halogenated alkanes) is 5. The molecule has 0 bridgehead atoms. The molecule has 0 saturated heterocycles. The van der Waals surface area contributed by atoms with Gasteiger partial charge in [-0.05, 0) is 77.6 Å². The summed E-state index contributed by atoms with van der Waals surface area (Å²) < 4.78 is 5.55. The lowest BCUT2D eigenvalue weighted by Gasteiger charge is -2.38. The van der Waals surface area contributed by atoms with E-state index in [-0.39, 0.29) is 35.7 Å². The van der Waals surface area contributed by atoms with Gasteiger partial charge in [0.25, 0.3) is 0 Å². The summed E-state index contributed by atoms with van der Waals surface area (Å²) in [6, 6.07) is 0. The Balaban J connectivity index is 2.07. The molecule has 5 nitrogen and oxygen atoms in total. The summed E-state index contributed by atoms with van der Waals surface area (Å²) in [4.78, 5) is 26.2. The molecule has 2 rings (SSSR count). The number of carbonyl (C=O) groups is 2. The normalized spacial score (nSPS) is 22.9. The highest BCUT2D eigenvalue weighted by molar-refractivity contribution is 5.98. The molecule has 0 aliphatic heterocycles. The maximum Gasteiger partial charge on any atom is 0.330 e. The van der Waals surface area contributed by atoms with Gasteiger partial charge in [-0.15, -0.1) is 0 Å². The fraction of sp³-hybridized carbons (Fsp3) is 0.520. The van der Waals surface area contributed by atoms with Crippen molar-refractivity contribution >= 4 is 11.8 Å². The molecule has 2 aliphatic carbocycles. The molecule has 0 aromatic carbocycles. The van der Waals surface area contributed by atoms with Gasteiger partial charge in [-0.25, -0.2) is 4.79 Å². The first-order chi connectivity index (χ1) is 25.9. The Labute approximate surface area is 334 Å². The highest BCUT2D eigenvalue weighted by Crippen LogP contribution is 2.43. The zero-order valence-corrected chi connectivity index (χ0v) is 35.8. The Morgan fingerprint density at radius 1 is 0.800 bits per heavy atom. The summed E-state index contributed by atoms with van der Waals surface area (Å²) >= 11 is 0. The highest BCUT2D eigenvalue weighted by Gasteiger charge is 2.35. The summed E-state index contributed by atoms with van der Waals surface area (Å²) in [5.74, 6) is -0.205. The Morgan fingerprint density at radius 3 is 2.02 bits per heavy atom. The van der Waals surface area contributed by atoms with Gasteiger partial charge in [-0.3, -0.25) is 4.79 Å². The number of esters is 1. The van der Waals surface area contributed by atoms with E-state index in [0.29, 0.717) is 24.3 Å². The largest absolute Gasteiger partial charge is 0.458 e. The molecule has 3 atom stereocenters. The fourth-order valence-electron chi connectivity index (χ4n) is 7.62. The summed E-state index contributed by atoms with van der Waals surface area (Å²) in [5.41, 5.74) is 6.81. The second-order valence-electron chi connectivity index (χ2n) is 17.1. The quantitative estimate of drug-likeness (QED) is 0.0425. The number of ketones is 1. The average Bonchev–Trinajstić information content (AvgIpc) is 3.08. The first-order valence-corrected chi connectivity index (χ1v) is 20.5. The van der Waals surface area contributed by atoms with E-state index in [0.717, 1.165) is 48.0 Å². The van der Waals surface area contributed by atoms with E-state index in [4.69, 9.17) is 4.74 Å². The van der Waals surface area contributed by atoms with Crippen molar-refractivity contribution < 1.29 is 24.5 Å². The number of allylic oxidation sites excluding steroid dienone is 18. The van der Waals surface area contributed by atoms with Crippen molar-refractivity contribution in [3.63, 3.8) is 0 Å². The molecular formula is C50H72O5. The molecule has 0 radical (unpaired) electrons. The Bertz CT molecular complexity index is 1620. The zero-order valence-electron chi connectivity index (χ0n) is 35.8. The van der Waals surface area contributed by atoms with E-state index in [9.17, 15) is 19.8 Å². The van der Waals surface area contributed by atoms with Gasteiger partial charge in [0, 0.05) is 24.0 Å². The van der Waals surface area contributed by atoms with E-state index < -0.39 is 12.1 Å². The van der Waals surface area contributed by atoms with Crippen LogP contribution in [0.15, 0.2) is 130 Å². The van der Waals surface area contributed by atoms with Crippen molar-refractivity contribution in [3.05, 3.63) is 130 Å². The second-order valence-corrected chi connectivity index (χ2v) is 17.1. The first kappa shape index (κ1) is 47.4. The molecule has 0 amide bonds. The molecule has 2 N–H and O–H groups in total. The van der Waals surface area contributed by atoms with E-state index in [1.54, 1.807) is 6.08 Å². The Morgan fingerprint density at radius 2 is 1.40 bits per heavy atom. The number of Topliss-reactive ketones (excluding diaryl/α,β-unsaturated/α-hetero) is 1. The molecule has 0 saturated carbocycles. The van der Waals surface area contributed by atoms with E-state index in [1.165, 1.54) is 36.5 Å². The lowest BCUT2D eigenvalue weighted by molar-refractivity contribution is -0.137. The van der Waals surface area contributed by atoms with Crippen LogP contribution in [0.4, 0.5) is 0 Å². The highest BCUT2D eigenvalue weighted by atomic mass is 16.5. The fourth-order valence-corrected chi connectivity index (χ4v) is 7.62. The number of carbonyl (C=O) groups excluding carboxylic acids is 2. The number of rotatable bonds is 20. The molecule has 302 valence electrons. The van der Waals surface area contributed by atoms with Gasteiger partial charge in [-0.2, -0.15) is 0 Å². The van der Waals surface area contributed by atoms with Gasteiger partial charge in [-0.1, -0.05) is 179 Å². The summed E-state index contributed by atoms with van der Waals surface area (Å²) in [6.07, 6.45) is 37.7. The summed E-state index contributed by atoms with van der Waals surface area (Å²) in [7, 11) is 0. The third kappa shape index (κ3) is 18.1. The maximum absolute atomic E-state index is 13.7. The van der Waals surface area contributed by atoms with Crippen LogP contribution in [0.25, 0.3) is 0 Å². The van der Waals surface area contributed by atoms with E-state index >= 15 is 0 Å². The first-order valence-electron chi connectivity index (χ1n) is 20.5. The maximum atomic E-state index is 13.7. The van der Waals surface area contributed by atoms with Crippen molar-refractivity contribution in [1.82, 2.24) is 0 Å². The van der Waals surface area contributed by atoms with Gasteiger partial charge < -0.3 is 14.9 Å². The minimum Gasteiger partial charge on any atom is -0.458 e. The standard InChI is InChI=1S/C50H72O5/c1-11-12-13-14-15-16-17-28-48(54)55-36-42(47(53)33-46-41(6)32-44(52)35-50(46,9)10)27-21-26-38(3)23-19-18-22-37(2)24-20-25-39(4)29-30-45-40(5)31-43(51)34-49(45,7)8/h17-31,43-45,51-52H,11-16,32-36H2,1-10H3. The molecule has 55 heavy (non-hydrogen) atoms. The van der Waals surface area contributed by atoms with Crippen LogP contribution in [-0.2, 0) is 14.3 Å². The topological polar surface area (TPSA) is 83.8 Å². The van der Waals surface area contributed by atoms with Gasteiger partial charge in [0.05, 0.1) is 12.2 Å². The third-order valence-electron chi connectivity index (χ3n) is 10.7. The number of aliphatic hydroxyl groups excluding tert-OH is 2. The molecular weight excluding hydrogens is 681 g/mol. The van der Waals surface area contributed by atoms with Gasteiger partial charge in [0.15, 0.2) is 5.78 Å². The molecule has 0 aromatic heterocycles. The SMILES string of the molecule is CCCCCCCC=CC(=O)OCC(=CC=CC(C)=CC=CC=C(C)C=CC=C(C)C=CC1C(C)=CC(O)CC1(C)C)C(=O)CC1=C(C)CC(O)CC1(C)C. The Kier molecular flexibility index (Phi) is 20.6. The van der Waals surface area contributed by atoms with Crippen LogP contribution in [0, 0.1) is 16.7 Å².